The van der Waals surface area contributed by atoms with E-state index in [0.717, 1.165) is 17.0 Å². The van der Waals surface area contributed by atoms with Crippen LogP contribution in [-0.4, -0.2) is 49.6 Å². The van der Waals surface area contributed by atoms with E-state index in [-0.39, 0.29) is 6.10 Å². The van der Waals surface area contributed by atoms with Crippen molar-refractivity contribution < 1.29 is 9.13 Å². The predicted octanol–water partition coefficient (Wildman–Crippen LogP) is 4.17. The first-order valence-electron chi connectivity index (χ1n) is 10.5. The van der Waals surface area contributed by atoms with Crippen molar-refractivity contribution in [1.82, 2.24) is 29.9 Å². The highest BCUT2D eigenvalue weighted by Crippen LogP contribution is 2.32. The van der Waals surface area contributed by atoms with E-state index in [1.165, 1.54) is 6.07 Å². The molecular weight excluding hydrogens is 445 g/mol. The van der Waals surface area contributed by atoms with Gasteiger partial charge in [0.1, 0.15) is 29.0 Å². The van der Waals surface area contributed by atoms with Crippen molar-refractivity contribution in [2.75, 3.05) is 24.6 Å². The summed E-state index contributed by atoms with van der Waals surface area (Å²) in [5.74, 6) is 0.652. The maximum absolute atomic E-state index is 14.9. The van der Waals surface area contributed by atoms with Gasteiger partial charge in [-0.1, -0.05) is 11.6 Å². The van der Waals surface area contributed by atoms with Crippen LogP contribution in [0.5, 0.6) is 0 Å². The molecule has 3 aromatic heterocycles. The first-order chi connectivity index (χ1) is 15.9. The number of fused-ring (bicyclic) bond motifs is 1. The van der Waals surface area contributed by atoms with Crippen LogP contribution >= 0.6 is 11.6 Å². The fourth-order valence-corrected chi connectivity index (χ4v) is 3.87. The third-order valence-electron chi connectivity index (χ3n) is 5.64. The van der Waals surface area contributed by atoms with E-state index in [1.54, 1.807) is 24.5 Å². The second-order valence-electron chi connectivity index (χ2n) is 7.93. The number of anilines is 1. The molecule has 0 N–H and O–H groups in total. The molecule has 0 bridgehead atoms. The standard InChI is InChI=1S/C23H21ClFN7O/c1-12-13(2)29-22-21(28-12)20(17-5-4-16(24)8-18(17)25)30-23(31-22)32-6-7-33-19(11-32)15-9-26-14(3)27-10-15/h4-5,8-10,19H,6-7,11H2,1-3H3/t19-/m1/s1. The molecule has 1 fully saturated rings. The molecule has 0 aliphatic carbocycles. The predicted molar refractivity (Wildman–Crippen MR) is 123 cm³/mol. The maximum atomic E-state index is 14.9. The molecule has 4 heterocycles. The monoisotopic (exact) mass is 465 g/mol. The van der Waals surface area contributed by atoms with Crippen molar-refractivity contribution in [3.05, 3.63) is 64.2 Å². The SMILES string of the molecule is Cc1ncc([C@H]2CN(c3nc(-c4ccc(Cl)cc4F)c4nc(C)c(C)nc4n3)CCO2)cn1. The van der Waals surface area contributed by atoms with Gasteiger partial charge in [0.2, 0.25) is 5.95 Å². The zero-order chi connectivity index (χ0) is 23.1. The molecule has 8 nitrogen and oxygen atoms in total. The molecule has 1 saturated heterocycles. The number of halogens is 2. The van der Waals surface area contributed by atoms with Gasteiger partial charge in [-0.2, -0.15) is 4.98 Å². The molecule has 0 saturated carbocycles. The Morgan fingerprint density at radius 1 is 1.03 bits per heavy atom. The molecule has 0 radical (unpaired) electrons. The third kappa shape index (κ3) is 4.21. The van der Waals surface area contributed by atoms with Crippen LogP contribution < -0.4 is 4.90 Å². The molecule has 0 unspecified atom stereocenters. The number of aryl methyl sites for hydroxylation is 3. The van der Waals surface area contributed by atoms with E-state index >= 15 is 0 Å². The first-order valence-corrected chi connectivity index (χ1v) is 10.9. The van der Waals surface area contributed by atoms with Gasteiger partial charge in [0.25, 0.3) is 0 Å². The van der Waals surface area contributed by atoms with Crippen LogP contribution in [0.3, 0.4) is 0 Å². The number of benzene rings is 1. The summed E-state index contributed by atoms with van der Waals surface area (Å²) < 4.78 is 20.8. The average Bonchev–Trinajstić information content (AvgIpc) is 2.80. The maximum Gasteiger partial charge on any atom is 0.228 e. The van der Waals surface area contributed by atoms with Crippen LogP contribution in [0.15, 0.2) is 30.6 Å². The second kappa shape index (κ2) is 8.57. The number of ether oxygens (including phenoxy) is 1. The molecule has 0 spiro atoms. The summed E-state index contributed by atoms with van der Waals surface area (Å²) in [6.07, 6.45) is 3.30. The minimum absolute atomic E-state index is 0.236. The van der Waals surface area contributed by atoms with E-state index in [4.69, 9.17) is 21.3 Å². The highest BCUT2D eigenvalue weighted by molar-refractivity contribution is 6.30. The summed E-state index contributed by atoms with van der Waals surface area (Å²) in [4.78, 5) is 29.2. The van der Waals surface area contributed by atoms with E-state index < -0.39 is 5.82 Å². The summed E-state index contributed by atoms with van der Waals surface area (Å²) in [5, 5.41) is 0.310. The molecular formula is C23H21ClFN7O. The summed E-state index contributed by atoms with van der Waals surface area (Å²) in [5.41, 5.74) is 3.89. The van der Waals surface area contributed by atoms with Crippen molar-refractivity contribution in [2.45, 2.75) is 26.9 Å². The van der Waals surface area contributed by atoms with Gasteiger partial charge in [0, 0.05) is 35.1 Å². The van der Waals surface area contributed by atoms with Gasteiger partial charge in [-0.15, -0.1) is 0 Å². The molecule has 33 heavy (non-hydrogen) atoms. The lowest BCUT2D eigenvalue weighted by Crippen LogP contribution is -2.39. The largest absolute Gasteiger partial charge is 0.370 e. The first kappa shape index (κ1) is 21.5. The lowest BCUT2D eigenvalue weighted by molar-refractivity contribution is 0.0388. The Bertz CT molecular complexity index is 1350. The number of hydrogen-bond acceptors (Lipinski definition) is 8. The van der Waals surface area contributed by atoms with E-state index in [1.807, 2.05) is 25.7 Å². The molecule has 168 valence electrons. The minimum atomic E-state index is -0.481. The summed E-state index contributed by atoms with van der Waals surface area (Å²) in [6, 6.07) is 4.50. The van der Waals surface area contributed by atoms with E-state index in [0.29, 0.717) is 58.9 Å². The number of rotatable bonds is 3. The average molecular weight is 466 g/mol. The van der Waals surface area contributed by atoms with Gasteiger partial charge < -0.3 is 9.64 Å². The zero-order valence-electron chi connectivity index (χ0n) is 18.4. The van der Waals surface area contributed by atoms with Crippen LogP contribution in [-0.2, 0) is 4.74 Å². The number of nitrogens with zero attached hydrogens (tertiary/aromatic N) is 7. The molecule has 5 rings (SSSR count). The smallest absolute Gasteiger partial charge is 0.228 e. The van der Waals surface area contributed by atoms with E-state index in [2.05, 4.69) is 24.9 Å². The normalized spacial score (nSPS) is 16.4. The number of aromatic nitrogens is 6. The van der Waals surface area contributed by atoms with Crippen molar-refractivity contribution in [3.8, 4) is 11.3 Å². The molecule has 1 aliphatic heterocycles. The molecule has 1 aromatic carbocycles. The molecule has 4 aromatic rings. The van der Waals surface area contributed by atoms with Crippen molar-refractivity contribution >= 4 is 28.7 Å². The third-order valence-corrected chi connectivity index (χ3v) is 5.87. The van der Waals surface area contributed by atoms with Crippen molar-refractivity contribution in [3.63, 3.8) is 0 Å². The van der Waals surface area contributed by atoms with Crippen LogP contribution in [0.4, 0.5) is 10.3 Å². The van der Waals surface area contributed by atoms with Gasteiger partial charge >= 0.3 is 0 Å². The molecule has 1 atom stereocenters. The number of morpholine rings is 1. The molecule has 1 aliphatic rings. The summed E-state index contributed by atoms with van der Waals surface area (Å²) in [6.45, 7) is 7.11. The van der Waals surface area contributed by atoms with Crippen molar-refractivity contribution in [1.29, 1.82) is 0 Å². The fraction of sp³-hybridized carbons (Fsp3) is 0.304. The summed E-state index contributed by atoms with van der Waals surface area (Å²) >= 11 is 5.97. The van der Waals surface area contributed by atoms with Gasteiger partial charge in [-0.25, -0.2) is 29.3 Å². The Hall–Kier alpha value is -3.30. The Balaban J connectivity index is 1.61. The van der Waals surface area contributed by atoms with Crippen LogP contribution in [0, 0.1) is 26.6 Å². The Kier molecular flexibility index (Phi) is 5.59. The fourth-order valence-electron chi connectivity index (χ4n) is 3.71. The highest BCUT2D eigenvalue weighted by Gasteiger charge is 2.26. The van der Waals surface area contributed by atoms with Crippen molar-refractivity contribution in [2.24, 2.45) is 0 Å². The molecule has 0 amide bonds. The van der Waals surface area contributed by atoms with Crippen LogP contribution in [0.2, 0.25) is 5.02 Å². The lowest BCUT2D eigenvalue weighted by atomic mass is 10.1. The Labute approximate surface area is 194 Å². The minimum Gasteiger partial charge on any atom is -0.370 e. The lowest BCUT2D eigenvalue weighted by Gasteiger charge is -2.33. The van der Waals surface area contributed by atoms with Gasteiger partial charge in [0.15, 0.2) is 5.65 Å². The number of hydrogen-bond donors (Lipinski definition) is 0. The highest BCUT2D eigenvalue weighted by atomic mass is 35.5. The second-order valence-corrected chi connectivity index (χ2v) is 8.37. The summed E-state index contributed by atoms with van der Waals surface area (Å²) in [7, 11) is 0. The van der Waals surface area contributed by atoms with Gasteiger partial charge in [-0.3, -0.25) is 0 Å². The van der Waals surface area contributed by atoms with Gasteiger partial charge in [0.05, 0.1) is 24.5 Å². The Morgan fingerprint density at radius 2 is 1.79 bits per heavy atom. The zero-order valence-corrected chi connectivity index (χ0v) is 19.1. The van der Waals surface area contributed by atoms with Crippen LogP contribution in [0.1, 0.15) is 28.9 Å². The van der Waals surface area contributed by atoms with Gasteiger partial charge in [-0.05, 0) is 39.0 Å². The van der Waals surface area contributed by atoms with E-state index in [9.17, 15) is 4.39 Å². The van der Waals surface area contributed by atoms with Crippen LogP contribution in [0.25, 0.3) is 22.4 Å². The topological polar surface area (TPSA) is 89.8 Å². The molecule has 10 heteroatoms. The Morgan fingerprint density at radius 3 is 2.55 bits per heavy atom. The quantitative estimate of drug-likeness (QED) is 0.445.